The molecule has 0 radical (unpaired) electrons. The van der Waals surface area contributed by atoms with Crippen LogP contribution in [0.1, 0.15) is 18.4 Å². The molecule has 0 spiro atoms. The number of ether oxygens (including phenoxy) is 1. The van der Waals surface area contributed by atoms with Gasteiger partial charge in [-0.15, -0.1) is 0 Å². The smallest absolute Gasteiger partial charge is 0.419 e. The van der Waals surface area contributed by atoms with Crippen molar-refractivity contribution in [1.29, 1.82) is 0 Å². The van der Waals surface area contributed by atoms with E-state index in [1.54, 1.807) is 0 Å². The Labute approximate surface area is 102 Å². The maximum Gasteiger partial charge on any atom is 0.419 e. The van der Waals surface area contributed by atoms with Gasteiger partial charge in [-0.25, -0.2) is 4.39 Å². The Balaban J connectivity index is 1.91. The minimum Gasteiger partial charge on any atom is -0.492 e. The van der Waals surface area contributed by atoms with E-state index in [2.05, 4.69) is 5.32 Å². The van der Waals surface area contributed by atoms with Crippen LogP contribution in [0.25, 0.3) is 0 Å². The number of hydrogen-bond donors (Lipinski definition) is 1. The van der Waals surface area contributed by atoms with Gasteiger partial charge in [0, 0.05) is 12.6 Å². The van der Waals surface area contributed by atoms with Gasteiger partial charge >= 0.3 is 6.18 Å². The summed E-state index contributed by atoms with van der Waals surface area (Å²) in [5.41, 5.74) is -1.30. The first kappa shape index (κ1) is 13.1. The van der Waals surface area contributed by atoms with Crippen LogP contribution in [-0.2, 0) is 6.18 Å². The zero-order valence-corrected chi connectivity index (χ0v) is 9.56. The van der Waals surface area contributed by atoms with Crippen LogP contribution in [0.5, 0.6) is 5.75 Å². The average Bonchev–Trinajstić information content (AvgIpc) is 3.09. The van der Waals surface area contributed by atoms with Crippen LogP contribution < -0.4 is 10.1 Å². The standard InChI is InChI=1S/C12H13F4NO/c13-11-4-3-9(7-10(11)12(14,15)16)18-6-5-17-8-1-2-8/h3-4,7-8,17H,1-2,5-6H2. The third-order valence-electron chi connectivity index (χ3n) is 2.62. The Morgan fingerprint density at radius 3 is 2.61 bits per heavy atom. The van der Waals surface area contributed by atoms with Crippen molar-refractivity contribution in [2.45, 2.75) is 25.1 Å². The van der Waals surface area contributed by atoms with Crippen molar-refractivity contribution in [2.75, 3.05) is 13.2 Å². The van der Waals surface area contributed by atoms with Gasteiger partial charge in [0.1, 0.15) is 18.2 Å². The van der Waals surface area contributed by atoms with Crippen LogP contribution in [0.15, 0.2) is 18.2 Å². The van der Waals surface area contributed by atoms with Crippen molar-refractivity contribution < 1.29 is 22.3 Å². The van der Waals surface area contributed by atoms with Crippen molar-refractivity contribution in [3.05, 3.63) is 29.6 Å². The van der Waals surface area contributed by atoms with Crippen molar-refractivity contribution in [1.82, 2.24) is 5.32 Å². The molecule has 1 saturated carbocycles. The molecule has 0 heterocycles. The van der Waals surface area contributed by atoms with Crippen LogP contribution >= 0.6 is 0 Å². The predicted molar refractivity (Wildman–Crippen MR) is 57.9 cm³/mol. The fraction of sp³-hybridized carbons (Fsp3) is 0.500. The van der Waals surface area contributed by atoms with Crippen LogP contribution in [0.4, 0.5) is 17.6 Å². The highest BCUT2D eigenvalue weighted by Crippen LogP contribution is 2.33. The van der Waals surface area contributed by atoms with Crippen LogP contribution in [0.3, 0.4) is 0 Å². The van der Waals surface area contributed by atoms with Gasteiger partial charge in [-0.1, -0.05) is 0 Å². The first-order valence-electron chi connectivity index (χ1n) is 5.70. The number of rotatable bonds is 5. The van der Waals surface area contributed by atoms with E-state index in [4.69, 9.17) is 4.74 Å². The highest BCUT2D eigenvalue weighted by molar-refractivity contribution is 5.31. The lowest BCUT2D eigenvalue weighted by atomic mass is 10.2. The molecule has 2 nitrogen and oxygen atoms in total. The lowest BCUT2D eigenvalue weighted by molar-refractivity contribution is -0.140. The predicted octanol–water partition coefficient (Wildman–Crippen LogP) is 2.98. The number of hydrogen-bond acceptors (Lipinski definition) is 2. The molecule has 1 fully saturated rings. The molecule has 0 atom stereocenters. The van der Waals surface area contributed by atoms with Crippen molar-refractivity contribution in [3.8, 4) is 5.75 Å². The first-order valence-corrected chi connectivity index (χ1v) is 5.70. The van der Waals surface area contributed by atoms with E-state index in [-0.39, 0.29) is 12.4 Å². The molecule has 1 aliphatic carbocycles. The fourth-order valence-electron chi connectivity index (χ4n) is 1.53. The summed E-state index contributed by atoms with van der Waals surface area (Å²) in [6.07, 6.45) is -2.43. The molecule has 0 unspecified atom stereocenters. The molecule has 1 N–H and O–H groups in total. The zero-order chi connectivity index (χ0) is 13.2. The van der Waals surface area contributed by atoms with Gasteiger partial charge in [0.15, 0.2) is 0 Å². The molecule has 0 saturated heterocycles. The van der Waals surface area contributed by atoms with Gasteiger partial charge in [-0.2, -0.15) is 13.2 Å². The summed E-state index contributed by atoms with van der Waals surface area (Å²) in [5.74, 6) is -1.26. The molecule has 1 aromatic rings. The Morgan fingerprint density at radius 2 is 2.00 bits per heavy atom. The summed E-state index contributed by atoms with van der Waals surface area (Å²) in [7, 11) is 0. The molecule has 0 aromatic heterocycles. The summed E-state index contributed by atoms with van der Waals surface area (Å²) in [6.45, 7) is 0.836. The van der Waals surface area contributed by atoms with Crippen LogP contribution in [0.2, 0.25) is 0 Å². The number of halogens is 4. The molecule has 2 rings (SSSR count). The van der Waals surface area contributed by atoms with Gasteiger partial charge in [-0.05, 0) is 31.0 Å². The summed E-state index contributed by atoms with van der Waals surface area (Å²) < 4.78 is 55.4. The van der Waals surface area contributed by atoms with E-state index in [1.165, 1.54) is 6.07 Å². The molecule has 1 aliphatic rings. The maximum atomic E-state index is 13.0. The summed E-state index contributed by atoms with van der Waals surface area (Å²) in [4.78, 5) is 0. The molecule has 1 aromatic carbocycles. The van der Waals surface area contributed by atoms with E-state index in [0.717, 1.165) is 18.9 Å². The number of benzene rings is 1. The SMILES string of the molecule is Fc1ccc(OCCNC2CC2)cc1C(F)(F)F. The zero-order valence-electron chi connectivity index (χ0n) is 9.56. The Bertz CT molecular complexity index is 415. The normalized spacial score (nSPS) is 15.8. The molecule has 6 heteroatoms. The third kappa shape index (κ3) is 3.60. The van der Waals surface area contributed by atoms with E-state index < -0.39 is 17.6 Å². The van der Waals surface area contributed by atoms with Gasteiger partial charge in [0.2, 0.25) is 0 Å². The third-order valence-corrected chi connectivity index (χ3v) is 2.62. The first-order chi connectivity index (χ1) is 8.47. The van der Waals surface area contributed by atoms with Gasteiger partial charge in [-0.3, -0.25) is 0 Å². The van der Waals surface area contributed by atoms with E-state index in [0.29, 0.717) is 18.7 Å². The molecular weight excluding hydrogens is 250 g/mol. The lowest BCUT2D eigenvalue weighted by Gasteiger charge is -2.11. The average molecular weight is 263 g/mol. The minimum absolute atomic E-state index is 0.0290. The van der Waals surface area contributed by atoms with E-state index in [9.17, 15) is 17.6 Å². The summed E-state index contributed by atoms with van der Waals surface area (Å²) in [6, 6.07) is 3.17. The lowest BCUT2D eigenvalue weighted by Crippen LogP contribution is -2.23. The topological polar surface area (TPSA) is 21.3 Å². The molecule has 0 aliphatic heterocycles. The molecule has 0 amide bonds. The van der Waals surface area contributed by atoms with Gasteiger partial charge < -0.3 is 10.1 Å². The van der Waals surface area contributed by atoms with Crippen LogP contribution in [-0.4, -0.2) is 19.2 Å². The second-order valence-corrected chi connectivity index (χ2v) is 4.22. The highest BCUT2D eigenvalue weighted by atomic mass is 19.4. The Kier molecular flexibility index (Phi) is 3.75. The Morgan fingerprint density at radius 1 is 1.28 bits per heavy atom. The number of alkyl halides is 3. The van der Waals surface area contributed by atoms with E-state index in [1.807, 2.05) is 0 Å². The second-order valence-electron chi connectivity index (χ2n) is 4.22. The molecule has 18 heavy (non-hydrogen) atoms. The molecule has 100 valence electrons. The highest BCUT2D eigenvalue weighted by Gasteiger charge is 2.34. The summed E-state index contributed by atoms with van der Waals surface area (Å²) >= 11 is 0. The molecular formula is C12H13F4NO. The van der Waals surface area contributed by atoms with Crippen molar-refractivity contribution >= 4 is 0 Å². The molecule has 0 bridgehead atoms. The van der Waals surface area contributed by atoms with Crippen molar-refractivity contribution in [3.63, 3.8) is 0 Å². The maximum absolute atomic E-state index is 13.0. The number of nitrogens with one attached hydrogen (secondary N) is 1. The Hall–Kier alpha value is -1.30. The largest absolute Gasteiger partial charge is 0.492 e. The van der Waals surface area contributed by atoms with Gasteiger partial charge in [0.05, 0.1) is 5.56 Å². The van der Waals surface area contributed by atoms with Gasteiger partial charge in [0.25, 0.3) is 0 Å². The van der Waals surface area contributed by atoms with Crippen molar-refractivity contribution in [2.24, 2.45) is 0 Å². The second kappa shape index (κ2) is 5.14. The van der Waals surface area contributed by atoms with E-state index >= 15 is 0 Å². The monoisotopic (exact) mass is 263 g/mol. The fourth-order valence-corrected chi connectivity index (χ4v) is 1.53. The minimum atomic E-state index is -4.70. The van der Waals surface area contributed by atoms with Crippen LogP contribution in [0, 0.1) is 5.82 Å². The quantitative estimate of drug-likeness (QED) is 0.651. The summed E-state index contributed by atoms with van der Waals surface area (Å²) in [5, 5.41) is 3.16.